The molecule has 5 nitrogen and oxygen atoms in total. The van der Waals surface area contributed by atoms with Crippen molar-refractivity contribution in [3.8, 4) is 0 Å². The van der Waals surface area contributed by atoms with Gasteiger partial charge in [0.05, 0.1) is 12.2 Å². The van der Waals surface area contributed by atoms with E-state index in [4.69, 9.17) is 4.74 Å². The fourth-order valence-corrected chi connectivity index (χ4v) is 2.05. The summed E-state index contributed by atoms with van der Waals surface area (Å²) in [5.74, 6) is 0. The molecule has 1 aliphatic rings. The predicted molar refractivity (Wildman–Crippen MR) is 63.6 cm³/mol. The molecular formula is C12H19N3O2. The lowest BCUT2D eigenvalue weighted by molar-refractivity contribution is 0.0159. The molecule has 1 N–H and O–H groups in total. The van der Waals surface area contributed by atoms with E-state index in [2.05, 4.69) is 10.2 Å². The molecule has 0 fully saturated rings. The van der Waals surface area contributed by atoms with Crippen LogP contribution in [0.1, 0.15) is 45.0 Å². The van der Waals surface area contributed by atoms with Crippen molar-refractivity contribution in [2.75, 3.05) is 6.54 Å². The van der Waals surface area contributed by atoms with E-state index in [-0.39, 0.29) is 12.1 Å². The number of fused-ring (bicyclic) bond motifs is 1. The molecule has 0 spiro atoms. The molecule has 2 heterocycles. The van der Waals surface area contributed by atoms with Crippen molar-refractivity contribution in [1.82, 2.24) is 15.1 Å². The molecule has 1 aromatic heterocycles. The van der Waals surface area contributed by atoms with Gasteiger partial charge in [0, 0.05) is 24.2 Å². The molecule has 0 aromatic carbocycles. The Morgan fingerprint density at radius 3 is 2.94 bits per heavy atom. The highest BCUT2D eigenvalue weighted by molar-refractivity contribution is 5.69. The summed E-state index contributed by atoms with van der Waals surface area (Å²) in [5, 5.41) is 6.99. The molecule has 2 rings (SSSR count). The zero-order valence-electron chi connectivity index (χ0n) is 10.8. The van der Waals surface area contributed by atoms with Gasteiger partial charge in [0.2, 0.25) is 0 Å². The fraction of sp³-hybridized carbons (Fsp3) is 0.667. The lowest BCUT2D eigenvalue weighted by atomic mass is 10.0. The van der Waals surface area contributed by atoms with E-state index in [1.165, 1.54) is 0 Å². The van der Waals surface area contributed by atoms with Gasteiger partial charge in [-0.2, -0.15) is 5.10 Å². The first-order valence-corrected chi connectivity index (χ1v) is 5.90. The number of aromatic amines is 1. The third-order valence-corrected chi connectivity index (χ3v) is 2.90. The van der Waals surface area contributed by atoms with Gasteiger partial charge >= 0.3 is 6.09 Å². The molecule has 17 heavy (non-hydrogen) atoms. The van der Waals surface area contributed by atoms with Gasteiger partial charge in [-0.3, -0.25) is 5.10 Å². The predicted octanol–water partition coefficient (Wildman–Crippen LogP) is 2.26. The Morgan fingerprint density at radius 1 is 1.59 bits per heavy atom. The van der Waals surface area contributed by atoms with Crippen molar-refractivity contribution in [3.05, 3.63) is 17.5 Å². The number of hydrogen-bond donors (Lipinski definition) is 1. The molecule has 1 unspecified atom stereocenters. The van der Waals surface area contributed by atoms with Gasteiger partial charge in [-0.25, -0.2) is 4.79 Å². The number of rotatable bonds is 0. The molecule has 1 aliphatic heterocycles. The van der Waals surface area contributed by atoms with Crippen LogP contribution in [-0.2, 0) is 11.2 Å². The Bertz CT molecular complexity index is 420. The molecule has 0 radical (unpaired) electrons. The van der Waals surface area contributed by atoms with E-state index in [1.807, 2.05) is 27.7 Å². The maximum atomic E-state index is 12.0. The first kappa shape index (κ1) is 12.0. The third kappa shape index (κ3) is 2.43. The van der Waals surface area contributed by atoms with Crippen LogP contribution in [0.3, 0.4) is 0 Å². The Kier molecular flexibility index (Phi) is 2.85. The molecule has 0 saturated carbocycles. The van der Waals surface area contributed by atoms with Crippen LogP contribution in [0.2, 0.25) is 0 Å². The van der Waals surface area contributed by atoms with Crippen molar-refractivity contribution in [2.45, 2.75) is 45.8 Å². The second-order valence-electron chi connectivity index (χ2n) is 5.40. The van der Waals surface area contributed by atoms with E-state index in [0.717, 1.165) is 17.7 Å². The molecule has 0 saturated heterocycles. The largest absolute Gasteiger partial charge is 0.444 e. The van der Waals surface area contributed by atoms with E-state index in [0.29, 0.717) is 6.54 Å². The first-order chi connectivity index (χ1) is 7.88. The van der Waals surface area contributed by atoms with Gasteiger partial charge in [0.1, 0.15) is 5.60 Å². The Balaban J connectivity index is 2.12. The number of nitrogens with one attached hydrogen (secondary N) is 1. The number of aromatic nitrogens is 2. The van der Waals surface area contributed by atoms with E-state index < -0.39 is 5.60 Å². The minimum absolute atomic E-state index is 0.0207. The number of nitrogens with zero attached hydrogens (tertiary/aromatic N) is 2. The van der Waals surface area contributed by atoms with E-state index in [1.54, 1.807) is 11.1 Å². The summed E-state index contributed by atoms with van der Waals surface area (Å²) < 4.78 is 5.40. The van der Waals surface area contributed by atoms with Crippen molar-refractivity contribution in [3.63, 3.8) is 0 Å². The van der Waals surface area contributed by atoms with Crippen LogP contribution in [0, 0.1) is 0 Å². The van der Waals surface area contributed by atoms with E-state index >= 15 is 0 Å². The lowest BCUT2D eigenvalue weighted by Gasteiger charge is -2.34. The second-order valence-corrected chi connectivity index (χ2v) is 5.40. The molecule has 0 bridgehead atoms. The average Bonchev–Trinajstić information content (AvgIpc) is 2.63. The highest BCUT2D eigenvalue weighted by Gasteiger charge is 2.31. The minimum atomic E-state index is -0.451. The van der Waals surface area contributed by atoms with Crippen LogP contribution in [0.5, 0.6) is 0 Å². The van der Waals surface area contributed by atoms with Crippen LogP contribution in [0.15, 0.2) is 6.20 Å². The quantitative estimate of drug-likeness (QED) is 0.753. The van der Waals surface area contributed by atoms with Crippen LogP contribution >= 0.6 is 0 Å². The zero-order chi connectivity index (χ0) is 12.6. The summed E-state index contributed by atoms with van der Waals surface area (Å²) in [7, 11) is 0. The Morgan fingerprint density at radius 2 is 2.29 bits per heavy atom. The van der Waals surface area contributed by atoms with Crippen molar-refractivity contribution >= 4 is 6.09 Å². The summed E-state index contributed by atoms with van der Waals surface area (Å²) >= 11 is 0. The smallest absolute Gasteiger partial charge is 0.410 e. The number of H-pyrrole nitrogens is 1. The van der Waals surface area contributed by atoms with Gasteiger partial charge < -0.3 is 9.64 Å². The Labute approximate surface area is 101 Å². The summed E-state index contributed by atoms with van der Waals surface area (Å²) in [6.07, 6.45) is 2.34. The van der Waals surface area contributed by atoms with Crippen molar-refractivity contribution in [1.29, 1.82) is 0 Å². The molecule has 1 amide bonds. The van der Waals surface area contributed by atoms with Crippen LogP contribution < -0.4 is 0 Å². The van der Waals surface area contributed by atoms with Gasteiger partial charge in [0.25, 0.3) is 0 Å². The molecule has 1 atom stereocenters. The molecule has 5 heteroatoms. The zero-order valence-corrected chi connectivity index (χ0v) is 10.8. The second kappa shape index (κ2) is 4.05. The number of hydrogen-bond acceptors (Lipinski definition) is 3. The fourth-order valence-electron chi connectivity index (χ4n) is 2.05. The normalized spacial score (nSPS) is 20.0. The number of amides is 1. The van der Waals surface area contributed by atoms with Crippen LogP contribution in [0.4, 0.5) is 4.79 Å². The summed E-state index contributed by atoms with van der Waals surface area (Å²) in [5.41, 5.74) is 1.76. The van der Waals surface area contributed by atoms with Gasteiger partial charge in [-0.15, -0.1) is 0 Å². The highest BCUT2D eigenvalue weighted by Crippen LogP contribution is 2.28. The topological polar surface area (TPSA) is 58.2 Å². The average molecular weight is 237 g/mol. The van der Waals surface area contributed by atoms with Crippen LogP contribution in [-0.4, -0.2) is 33.3 Å². The maximum Gasteiger partial charge on any atom is 0.410 e. The van der Waals surface area contributed by atoms with Gasteiger partial charge in [0.15, 0.2) is 0 Å². The standard InChI is InChI=1S/C12H19N3O2/c1-8-9-7-13-14-10(9)5-6-15(8)11(16)17-12(2,3)4/h7-8H,5-6H2,1-4H3,(H,13,14). The van der Waals surface area contributed by atoms with Crippen LogP contribution in [0.25, 0.3) is 0 Å². The summed E-state index contributed by atoms with van der Waals surface area (Å²) in [4.78, 5) is 13.8. The SMILES string of the molecule is CC1c2cn[nH]c2CCN1C(=O)OC(C)(C)C. The molecular weight excluding hydrogens is 218 g/mol. The number of ether oxygens (including phenoxy) is 1. The Hall–Kier alpha value is -1.52. The first-order valence-electron chi connectivity index (χ1n) is 5.90. The highest BCUT2D eigenvalue weighted by atomic mass is 16.6. The lowest BCUT2D eigenvalue weighted by Crippen LogP contribution is -2.41. The molecule has 1 aromatic rings. The van der Waals surface area contributed by atoms with Crippen molar-refractivity contribution < 1.29 is 9.53 Å². The maximum absolute atomic E-state index is 12.0. The monoisotopic (exact) mass is 237 g/mol. The van der Waals surface area contributed by atoms with Crippen molar-refractivity contribution in [2.24, 2.45) is 0 Å². The van der Waals surface area contributed by atoms with Gasteiger partial charge in [-0.05, 0) is 27.7 Å². The summed E-state index contributed by atoms with van der Waals surface area (Å²) in [6, 6.07) is 0.0207. The van der Waals surface area contributed by atoms with E-state index in [9.17, 15) is 4.79 Å². The molecule has 94 valence electrons. The number of carbonyl (C=O) groups is 1. The summed E-state index contributed by atoms with van der Waals surface area (Å²) in [6.45, 7) is 8.30. The third-order valence-electron chi connectivity index (χ3n) is 2.90. The number of carbonyl (C=O) groups excluding carboxylic acids is 1. The minimum Gasteiger partial charge on any atom is -0.444 e. The van der Waals surface area contributed by atoms with Gasteiger partial charge in [-0.1, -0.05) is 0 Å². The molecule has 0 aliphatic carbocycles.